The van der Waals surface area contributed by atoms with Crippen molar-refractivity contribution in [3.63, 3.8) is 0 Å². The fraction of sp³-hybridized carbons (Fsp3) is 0.250. The molecule has 0 radical (unpaired) electrons. The van der Waals surface area contributed by atoms with E-state index in [0.717, 1.165) is 12.1 Å². The number of carbonyl (C=O) groups excluding carboxylic acids is 1. The average Bonchev–Trinajstić information content (AvgIpc) is 2.49. The van der Waals surface area contributed by atoms with Crippen LogP contribution in [0.3, 0.4) is 0 Å². The van der Waals surface area contributed by atoms with E-state index in [1.807, 2.05) is 13.8 Å². The number of aromatic nitrogens is 1. The lowest BCUT2D eigenvalue weighted by atomic mass is 10.2. The van der Waals surface area contributed by atoms with E-state index >= 15 is 0 Å². The van der Waals surface area contributed by atoms with Crippen molar-refractivity contribution in [3.05, 3.63) is 53.9 Å². The van der Waals surface area contributed by atoms with Gasteiger partial charge in [0.2, 0.25) is 0 Å². The molecule has 4 nitrogen and oxygen atoms in total. The molecule has 116 valence electrons. The van der Waals surface area contributed by atoms with Gasteiger partial charge in [-0.25, -0.2) is 8.78 Å². The maximum atomic E-state index is 13.6. The number of carbonyl (C=O) groups is 1. The molecular formula is C16H17F2N3O. The van der Waals surface area contributed by atoms with E-state index in [9.17, 15) is 13.6 Å². The number of pyridine rings is 1. The van der Waals surface area contributed by atoms with E-state index in [2.05, 4.69) is 15.6 Å². The van der Waals surface area contributed by atoms with E-state index in [1.165, 1.54) is 24.5 Å². The van der Waals surface area contributed by atoms with Crippen molar-refractivity contribution in [3.8, 4) is 0 Å². The van der Waals surface area contributed by atoms with Crippen LogP contribution in [0.4, 0.5) is 20.2 Å². The van der Waals surface area contributed by atoms with Gasteiger partial charge in [-0.05, 0) is 24.1 Å². The van der Waals surface area contributed by atoms with Crippen molar-refractivity contribution in [1.82, 2.24) is 10.3 Å². The summed E-state index contributed by atoms with van der Waals surface area (Å²) in [6.45, 7) is 4.51. The van der Waals surface area contributed by atoms with Gasteiger partial charge in [0.05, 0.1) is 17.4 Å². The van der Waals surface area contributed by atoms with Crippen LogP contribution in [0.15, 0.2) is 36.7 Å². The van der Waals surface area contributed by atoms with Crippen molar-refractivity contribution < 1.29 is 13.6 Å². The summed E-state index contributed by atoms with van der Waals surface area (Å²) >= 11 is 0. The van der Waals surface area contributed by atoms with Gasteiger partial charge in [-0.3, -0.25) is 9.78 Å². The maximum absolute atomic E-state index is 13.6. The summed E-state index contributed by atoms with van der Waals surface area (Å²) in [5, 5.41) is 5.37. The van der Waals surface area contributed by atoms with Crippen molar-refractivity contribution >= 4 is 17.3 Å². The van der Waals surface area contributed by atoms with Gasteiger partial charge in [-0.1, -0.05) is 19.9 Å². The third kappa shape index (κ3) is 4.00. The summed E-state index contributed by atoms with van der Waals surface area (Å²) in [5.74, 6) is -1.38. The fourth-order valence-electron chi connectivity index (χ4n) is 1.79. The van der Waals surface area contributed by atoms with E-state index in [4.69, 9.17) is 0 Å². The van der Waals surface area contributed by atoms with Crippen LogP contribution in [0.2, 0.25) is 0 Å². The summed E-state index contributed by atoms with van der Waals surface area (Å²) in [7, 11) is 0. The second-order valence-corrected chi connectivity index (χ2v) is 5.29. The molecule has 0 fully saturated rings. The van der Waals surface area contributed by atoms with Gasteiger partial charge in [0, 0.05) is 12.7 Å². The highest BCUT2D eigenvalue weighted by Gasteiger charge is 2.11. The minimum absolute atomic E-state index is 0.274. The molecule has 2 rings (SSSR count). The highest BCUT2D eigenvalue weighted by atomic mass is 19.1. The first-order valence-corrected chi connectivity index (χ1v) is 6.91. The Bertz CT molecular complexity index is 654. The normalized spacial score (nSPS) is 10.6. The van der Waals surface area contributed by atoms with E-state index < -0.39 is 11.6 Å². The molecule has 6 heteroatoms. The minimum Gasteiger partial charge on any atom is -0.352 e. The number of amides is 1. The Labute approximate surface area is 127 Å². The number of nitrogens with one attached hydrogen (secondary N) is 2. The Kier molecular flexibility index (Phi) is 5.04. The molecule has 1 aromatic carbocycles. The molecule has 22 heavy (non-hydrogen) atoms. The fourth-order valence-corrected chi connectivity index (χ4v) is 1.79. The largest absolute Gasteiger partial charge is 0.352 e. The smallest absolute Gasteiger partial charge is 0.252 e. The first kappa shape index (κ1) is 15.9. The van der Waals surface area contributed by atoms with Crippen LogP contribution < -0.4 is 10.6 Å². The molecule has 1 aromatic heterocycles. The highest BCUT2D eigenvalue weighted by molar-refractivity contribution is 5.94. The molecule has 0 aliphatic heterocycles. The highest BCUT2D eigenvalue weighted by Crippen LogP contribution is 2.23. The molecular weight excluding hydrogens is 288 g/mol. The van der Waals surface area contributed by atoms with Crippen LogP contribution in [-0.2, 0) is 0 Å². The minimum atomic E-state index is -0.713. The van der Waals surface area contributed by atoms with Crippen LogP contribution in [0.5, 0.6) is 0 Å². The van der Waals surface area contributed by atoms with E-state index in [1.54, 1.807) is 0 Å². The molecule has 2 aromatic rings. The van der Waals surface area contributed by atoms with Crippen LogP contribution in [0.25, 0.3) is 0 Å². The number of halogens is 2. The molecule has 0 saturated carbocycles. The van der Waals surface area contributed by atoms with Gasteiger partial charge in [0.1, 0.15) is 17.3 Å². The van der Waals surface area contributed by atoms with Crippen LogP contribution >= 0.6 is 0 Å². The first-order valence-electron chi connectivity index (χ1n) is 6.91. The van der Waals surface area contributed by atoms with Crippen molar-refractivity contribution in [2.24, 2.45) is 5.92 Å². The lowest BCUT2D eigenvalue weighted by Gasteiger charge is -2.10. The first-order chi connectivity index (χ1) is 10.5. The third-order valence-corrected chi connectivity index (χ3v) is 2.90. The van der Waals surface area contributed by atoms with Gasteiger partial charge in [-0.15, -0.1) is 0 Å². The number of rotatable bonds is 5. The van der Waals surface area contributed by atoms with Gasteiger partial charge >= 0.3 is 0 Å². The Morgan fingerprint density at radius 1 is 1.23 bits per heavy atom. The second-order valence-electron chi connectivity index (χ2n) is 5.29. The zero-order valence-electron chi connectivity index (χ0n) is 12.4. The molecule has 0 atom stereocenters. The summed E-state index contributed by atoms with van der Waals surface area (Å²) in [4.78, 5) is 15.9. The maximum Gasteiger partial charge on any atom is 0.252 e. The number of anilines is 2. The van der Waals surface area contributed by atoms with Crippen molar-refractivity contribution in [2.45, 2.75) is 13.8 Å². The predicted molar refractivity (Wildman–Crippen MR) is 81.0 cm³/mol. The van der Waals surface area contributed by atoms with Crippen LogP contribution in [0.1, 0.15) is 24.2 Å². The lowest BCUT2D eigenvalue weighted by Crippen LogP contribution is -2.27. The molecule has 0 saturated heterocycles. The summed E-state index contributed by atoms with van der Waals surface area (Å²) < 4.78 is 27.2. The van der Waals surface area contributed by atoms with E-state index in [0.29, 0.717) is 23.7 Å². The summed E-state index contributed by atoms with van der Waals surface area (Å²) in [6.07, 6.45) is 2.80. The zero-order chi connectivity index (χ0) is 16.1. The van der Waals surface area contributed by atoms with Gasteiger partial charge < -0.3 is 10.6 Å². The standard InChI is InChI=1S/C16H17F2N3O/c1-10(2)7-20-16(22)11-6-12(9-19-8-11)21-15-13(17)4-3-5-14(15)18/h3-6,8-10,21H,7H2,1-2H3,(H,20,22). The summed E-state index contributed by atoms with van der Waals surface area (Å²) in [6, 6.07) is 5.08. The SMILES string of the molecule is CC(C)CNC(=O)c1cncc(Nc2c(F)cccc2F)c1. The molecule has 0 aliphatic carbocycles. The van der Waals surface area contributed by atoms with Crippen molar-refractivity contribution in [2.75, 3.05) is 11.9 Å². The number of nitrogens with zero attached hydrogens (tertiary/aromatic N) is 1. The number of para-hydroxylation sites is 1. The van der Waals surface area contributed by atoms with Gasteiger partial charge in [-0.2, -0.15) is 0 Å². The Balaban J connectivity index is 2.17. The molecule has 0 bridgehead atoms. The van der Waals surface area contributed by atoms with Crippen LogP contribution in [-0.4, -0.2) is 17.4 Å². The summed E-state index contributed by atoms with van der Waals surface area (Å²) in [5.41, 5.74) is 0.382. The van der Waals surface area contributed by atoms with Crippen molar-refractivity contribution in [1.29, 1.82) is 0 Å². The molecule has 0 aliphatic rings. The average molecular weight is 305 g/mol. The third-order valence-electron chi connectivity index (χ3n) is 2.90. The molecule has 1 amide bonds. The van der Waals surface area contributed by atoms with Crippen LogP contribution in [0, 0.1) is 17.6 Å². The number of benzene rings is 1. The van der Waals surface area contributed by atoms with E-state index in [-0.39, 0.29) is 11.6 Å². The molecule has 0 spiro atoms. The predicted octanol–water partition coefficient (Wildman–Crippen LogP) is 3.49. The molecule has 0 unspecified atom stereocenters. The van der Waals surface area contributed by atoms with Gasteiger partial charge in [0.15, 0.2) is 0 Å². The molecule has 2 N–H and O–H groups in total. The lowest BCUT2D eigenvalue weighted by molar-refractivity contribution is 0.0948. The Morgan fingerprint density at radius 3 is 2.55 bits per heavy atom. The number of hydrogen-bond acceptors (Lipinski definition) is 3. The Hall–Kier alpha value is -2.50. The van der Waals surface area contributed by atoms with Gasteiger partial charge in [0.25, 0.3) is 5.91 Å². The second kappa shape index (κ2) is 6.98. The quantitative estimate of drug-likeness (QED) is 0.889. The monoisotopic (exact) mass is 305 g/mol. The topological polar surface area (TPSA) is 54.0 Å². The zero-order valence-corrected chi connectivity index (χ0v) is 12.4. The molecule has 1 heterocycles. The number of hydrogen-bond donors (Lipinski definition) is 2. The Morgan fingerprint density at radius 2 is 1.91 bits per heavy atom.